The van der Waals surface area contributed by atoms with E-state index in [9.17, 15) is 4.39 Å². The second kappa shape index (κ2) is 7.67. The van der Waals surface area contributed by atoms with Gasteiger partial charge in [-0.1, -0.05) is 19.8 Å². The fourth-order valence-electron chi connectivity index (χ4n) is 3.27. The molecule has 1 aliphatic heterocycles. The Labute approximate surface area is 138 Å². The van der Waals surface area contributed by atoms with Crippen LogP contribution >= 0.6 is 0 Å². The molecule has 130 valence electrons. The third-order valence-corrected chi connectivity index (χ3v) is 4.24. The van der Waals surface area contributed by atoms with Gasteiger partial charge in [0.25, 0.3) is 0 Å². The highest BCUT2D eigenvalue weighted by atomic mass is 19.1. The Balaban J connectivity index is 2.18. The molecule has 0 amide bonds. The first-order valence-electron chi connectivity index (χ1n) is 8.60. The van der Waals surface area contributed by atoms with Gasteiger partial charge in [-0.3, -0.25) is 0 Å². The van der Waals surface area contributed by atoms with Crippen LogP contribution in [0.2, 0.25) is 0 Å². The Morgan fingerprint density at radius 1 is 1.39 bits per heavy atom. The minimum absolute atomic E-state index is 0.0303. The molecule has 4 nitrogen and oxygen atoms in total. The standard InChI is InChI=1S/C18H29FN2O2/c1-6-7-8-13-9-15(16-14(19)10-20-11-21-16)22-12(2)17(13)23-18(3,4)5/h10-13,15,17H,6-9H2,1-5H3. The zero-order chi connectivity index (χ0) is 17.0. The number of unbranched alkanes of at least 4 members (excludes halogenated alkanes) is 1. The first kappa shape index (κ1) is 18.3. The highest BCUT2D eigenvalue weighted by molar-refractivity contribution is 5.08. The highest BCUT2D eigenvalue weighted by Crippen LogP contribution is 2.40. The summed E-state index contributed by atoms with van der Waals surface area (Å²) in [7, 11) is 0. The number of nitrogens with zero attached hydrogens (tertiary/aromatic N) is 2. The summed E-state index contributed by atoms with van der Waals surface area (Å²) in [4.78, 5) is 7.82. The van der Waals surface area contributed by atoms with Crippen LogP contribution in [0.15, 0.2) is 12.5 Å². The van der Waals surface area contributed by atoms with Gasteiger partial charge in [-0.15, -0.1) is 0 Å². The summed E-state index contributed by atoms with van der Waals surface area (Å²) in [6, 6.07) is 0. The van der Waals surface area contributed by atoms with Crippen LogP contribution < -0.4 is 0 Å². The van der Waals surface area contributed by atoms with E-state index in [4.69, 9.17) is 9.47 Å². The second-order valence-corrected chi connectivity index (χ2v) is 7.42. The van der Waals surface area contributed by atoms with Gasteiger partial charge in [-0.05, 0) is 46.5 Å². The Morgan fingerprint density at radius 2 is 2.13 bits per heavy atom. The summed E-state index contributed by atoms with van der Waals surface area (Å²) in [5, 5.41) is 0. The van der Waals surface area contributed by atoms with Crippen molar-refractivity contribution < 1.29 is 13.9 Å². The Bertz CT molecular complexity index is 504. The zero-order valence-corrected chi connectivity index (χ0v) is 14.9. The van der Waals surface area contributed by atoms with Gasteiger partial charge in [-0.2, -0.15) is 0 Å². The summed E-state index contributed by atoms with van der Waals surface area (Å²) in [5.41, 5.74) is 0.141. The van der Waals surface area contributed by atoms with E-state index in [-0.39, 0.29) is 23.9 Å². The summed E-state index contributed by atoms with van der Waals surface area (Å²) in [6.45, 7) is 10.4. The van der Waals surface area contributed by atoms with Crippen LogP contribution in [-0.4, -0.2) is 27.8 Å². The normalized spacial score (nSPS) is 28.8. The maximum atomic E-state index is 14.0. The average molecular weight is 324 g/mol. The van der Waals surface area contributed by atoms with Crippen LogP contribution in [-0.2, 0) is 9.47 Å². The molecular weight excluding hydrogens is 295 g/mol. The number of aromatic nitrogens is 2. The molecule has 23 heavy (non-hydrogen) atoms. The zero-order valence-electron chi connectivity index (χ0n) is 14.9. The maximum absolute atomic E-state index is 14.0. The summed E-state index contributed by atoms with van der Waals surface area (Å²) < 4.78 is 26.3. The van der Waals surface area contributed by atoms with Gasteiger partial charge in [0.2, 0.25) is 0 Å². The van der Waals surface area contributed by atoms with Crippen LogP contribution in [0.5, 0.6) is 0 Å². The van der Waals surface area contributed by atoms with Crippen LogP contribution in [0, 0.1) is 11.7 Å². The third-order valence-electron chi connectivity index (χ3n) is 4.24. The quantitative estimate of drug-likeness (QED) is 0.802. The molecule has 4 unspecified atom stereocenters. The number of rotatable bonds is 5. The Hall–Kier alpha value is -1.07. The van der Waals surface area contributed by atoms with Crippen LogP contribution in [0.1, 0.15) is 72.1 Å². The predicted octanol–water partition coefficient (Wildman–Crippen LogP) is 4.46. The molecule has 0 spiro atoms. The molecule has 1 aliphatic rings. The third kappa shape index (κ3) is 4.95. The maximum Gasteiger partial charge on any atom is 0.165 e. The SMILES string of the molecule is CCCCC1CC(c2ncncc2F)OC(C)C1OC(C)(C)C. The highest BCUT2D eigenvalue weighted by Gasteiger charge is 2.40. The molecule has 1 saturated heterocycles. The van der Waals surface area contributed by atoms with Crippen molar-refractivity contribution in [2.45, 2.75) is 84.2 Å². The lowest BCUT2D eigenvalue weighted by Gasteiger charge is -2.43. The predicted molar refractivity (Wildman–Crippen MR) is 87.5 cm³/mol. The number of hydrogen-bond donors (Lipinski definition) is 0. The Kier molecular flexibility index (Phi) is 6.09. The van der Waals surface area contributed by atoms with E-state index in [0.29, 0.717) is 11.6 Å². The van der Waals surface area contributed by atoms with E-state index in [0.717, 1.165) is 25.7 Å². The molecule has 0 bridgehead atoms. The van der Waals surface area contributed by atoms with Gasteiger partial charge >= 0.3 is 0 Å². The van der Waals surface area contributed by atoms with Crippen molar-refractivity contribution in [3.8, 4) is 0 Å². The largest absolute Gasteiger partial charge is 0.370 e. The average Bonchev–Trinajstić information content (AvgIpc) is 2.47. The molecule has 2 rings (SSSR count). The second-order valence-electron chi connectivity index (χ2n) is 7.42. The number of ether oxygens (including phenoxy) is 2. The number of hydrogen-bond acceptors (Lipinski definition) is 4. The fourth-order valence-corrected chi connectivity index (χ4v) is 3.27. The topological polar surface area (TPSA) is 44.2 Å². The smallest absolute Gasteiger partial charge is 0.165 e. The van der Waals surface area contributed by atoms with E-state index in [2.05, 4.69) is 37.7 Å². The molecule has 5 heteroatoms. The van der Waals surface area contributed by atoms with Crippen LogP contribution in [0.25, 0.3) is 0 Å². The molecule has 1 aromatic rings. The molecule has 0 aromatic carbocycles. The van der Waals surface area contributed by atoms with Gasteiger partial charge < -0.3 is 9.47 Å². The minimum atomic E-state index is -0.394. The molecule has 1 fully saturated rings. The monoisotopic (exact) mass is 324 g/mol. The van der Waals surface area contributed by atoms with E-state index in [1.165, 1.54) is 12.5 Å². The van der Waals surface area contributed by atoms with Gasteiger partial charge in [0, 0.05) is 0 Å². The summed E-state index contributed by atoms with van der Waals surface area (Å²) in [6.07, 6.45) is 6.27. The van der Waals surface area contributed by atoms with Crippen molar-refractivity contribution in [2.75, 3.05) is 0 Å². The fraction of sp³-hybridized carbons (Fsp3) is 0.778. The van der Waals surface area contributed by atoms with Crippen molar-refractivity contribution in [1.29, 1.82) is 0 Å². The lowest BCUT2D eigenvalue weighted by Crippen LogP contribution is -2.46. The first-order valence-corrected chi connectivity index (χ1v) is 8.60. The van der Waals surface area contributed by atoms with Crippen molar-refractivity contribution in [1.82, 2.24) is 9.97 Å². The molecular formula is C18H29FN2O2. The number of halogens is 1. The van der Waals surface area contributed by atoms with Gasteiger partial charge in [0.15, 0.2) is 5.82 Å². The van der Waals surface area contributed by atoms with Gasteiger partial charge in [-0.25, -0.2) is 14.4 Å². The Morgan fingerprint density at radius 3 is 2.74 bits per heavy atom. The van der Waals surface area contributed by atoms with Gasteiger partial charge in [0.1, 0.15) is 18.1 Å². The summed E-state index contributed by atoms with van der Waals surface area (Å²) in [5.74, 6) is -0.0496. The molecule has 4 atom stereocenters. The van der Waals surface area contributed by atoms with E-state index in [1.54, 1.807) is 0 Å². The van der Waals surface area contributed by atoms with Gasteiger partial charge in [0.05, 0.1) is 24.0 Å². The van der Waals surface area contributed by atoms with Crippen LogP contribution in [0.4, 0.5) is 4.39 Å². The molecule has 0 saturated carbocycles. The van der Waals surface area contributed by atoms with Crippen molar-refractivity contribution >= 4 is 0 Å². The molecule has 2 heterocycles. The lowest BCUT2D eigenvalue weighted by atomic mass is 9.84. The molecule has 0 N–H and O–H groups in total. The van der Waals surface area contributed by atoms with E-state index >= 15 is 0 Å². The van der Waals surface area contributed by atoms with Crippen molar-refractivity contribution in [3.05, 3.63) is 24.0 Å². The van der Waals surface area contributed by atoms with Crippen LogP contribution in [0.3, 0.4) is 0 Å². The summed E-state index contributed by atoms with van der Waals surface area (Å²) >= 11 is 0. The van der Waals surface area contributed by atoms with E-state index in [1.807, 2.05) is 6.92 Å². The van der Waals surface area contributed by atoms with Crippen molar-refractivity contribution in [2.24, 2.45) is 5.92 Å². The molecule has 0 aliphatic carbocycles. The first-order chi connectivity index (χ1) is 10.8. The molecule has 1 aromatic heterocycles. The van der Waals surface area contributed by atoms with E-state index < -0.39 is 5.82 Å². The lowest BCUT2D eigenvalue weighted by molar-refractivity contribution is -0.198. The minimum Gasteiger partial charge on any atom is -0.370 e. The van der Waals surface area contributed by atoms with Crippen molar-refractivity contribution in [3.63, 3.8) is 0 Å². The molecule has 0 radical (unpaired) electrons.